The Labute approximate surface area is 360 Å². The van der Waals surface area contributed by atoms with E-state index in [-0.39, 0.29) is 32.3 Å². The van der Waals surface area contributed by atoms with Gasteiger partial charge in [-0.2, -0.15) is 0 Å². The van der Waals surface area contributed by atoms with Gasteiger partial charge < -0.3 is 20.1 Å². The Hall–Kier alpha value is -0.920. The second kappa shape index (κ2) is 45.6. The first-order chi connectivity index (χ1) is 28.3. The van der Waals surface area contributed by atoms with Gasteiger partial charge in [0.1, 0.15) is 6.61 Å². The molecule has 0 saturated heterocycles. The highest BCUT2D eigenvalue weighted by Crippen LogP contribution is 2.43. The summed E-state index contributed by atoms with van der Waals surface area (Å²) in [6.07, 6.45) is 49.0. The number of carbonyl (C=O) groups is 1. The number of ether oxygens (including phenoxy) is 2. The molecule has 0 aliphatic rings. The summed E-state index contributed by atoms with van der Waals surface area (Å²) >= 11 is 0. The Kier molecular flexibility index (Phi) is 44.9. The molecule has 0 aromatic carbocycles. The third-order valence-electron chi connectivity index (χ3n) is 11.4. The summed E-state index contributed by atoms with van der Waals surface area (Å²) in [7, 11) is -4.31. The van der Waals surface area contributed by atoms with Gasteiger partial charge in [0.25, 0.3) is 0 Å². The Morgan fingerprint density at radius 3 is 1.14 bits per heavy atom. The molecule has 0 aromatic heterocycles. The minimum absolute atomic E-state index is 0.0136. The van der Waals surface area contributed by atoms with E-state index in [0.29, 0.717) is 12.2 Å². The van der Waals surface area contributed by atoms with Crippen LogP contribution in [0.4, 0.5) is 0 Å². The van der Waals surface area contributed by atoms with Crippen molar-refractivity contribution >= 4 is 13.8 Å². The Balaban J connectivity index is 4.01. The van der Waals surface area contributed by atoms with Gasteiger partial charge in [0.05, 0.1) is 19.0 Å². The maximum atomic E-state index is 12.7. The first-order valence-electron chi connectivity index (χ1n) is 25.2. The number of phosphoric ester groups is 1. The first kappa shape index (κ1) is 57.1. The number of unbranched alkanes of at least 4 members (excludes halogenated alkanes) is 35. The molecule has 346 valence electrons. The largest absolute Gasteiger partial charge is 0.495 e. The van der Waals surface area contributed by atoms with Gasteiger partial charge in [0.15, 0.2) is 6.10 Å². The molecule has 0 bridgehead atoms. The normalized spacial score (nSPS) is 13.1. The fourth-order valence-electron chi connectivity index (χ4n) is 7.60. The van der Waals surface area contributed by atoms with Gasteiger partial charge in [-0.1, -0.05) is 245 Å². The van der Waals surface area contributed by atoms with Crippen LogP contribution in [0, 0.1) is 0 Å². The Bertz CT molecular complexity index is 919. The van der Waals surface area contributed by atoms with Crippen LogP contribution in [0.15, 0.2) is 12.3 Å². The zero-order chi connectivity index (χ0) is 42.5. The summed E-state index contributed by atoms with van der Waals surface area (Å²) in [5, 5.41) is 0. The van der Waals surface area contributed by atoms with Crippen LogP contribution in [0.3, 0.4) is 0 Å². The van der Waals surface area contributed by atoms with Crippen LogP contribution < -0.4 is 5.73 Å². The molecule has 0 rings (SSSR count). The molecule has 1 unspecified atom stereocenters. The standard InChI is InChI=1S/C49H98NO7P/c1-4-6-8-10-12-14-16-18-20-22-24-26-28-30-32-34-36-38-40-42-49(51)57-48(46-56-58(52,53)55-44-43-50)45-54-47(3)41-39-37-35-33-31-29-27-25-23-21-19-17-15-13-11-9-7-5-2/h48H,3-46,50H2,1-2H3,(H,52,53)/t48-/m1/s1. The van der Waals surface area contributed by atoms with Gasteiger partial charge in [-0.25, -0.2) is 4.57 Å². The lowest BCUT2D eigenvalue weighted by molar-refractivity contribution is -0.153. The third kappa shape index (κ3) is 44.6. The van der Waals surface area contributed by atoms with Gasteiger partial charge >= 0.3 is 13.8 Å². The highest BCUT2D eigenvalue weighted by molar-refractivity contribution is 7.47. The van der Waals surface area contributed by atoms with Crippen molar-refractivity contribution in [2.75, 3.05) is 26.4 Å². The second-order valence-electron chi connectivity index (χ2n) is 17.2. The third-order valence-corrected chi connectivity index (χ3v) is 12.3. The van der Waals surface area contributed by atoms with Crippen molar-refractivity contribution < 1.29 is 32.8 Å². The van der Waals surface area contributed by atoms with Gasteiger partial charge in [-0.15, -0.1) is 0 Å². The summed E-state index contributed by atoms with van der Waals surface area (Å²) < 4.78 is 33.7. The van der Waals surface area contributed by atoms with Crippen LogP contribution in [0.2, 0.25) is 0 Å². The van der Waals surface area contributed by atoms with Gasteiger partial charge in [-0.05, 0) is 12.8 Å². The minimum atomic E-state index is -4.31. The minimum Gasteiger partial charge on any atom is -0.495 e. The maximum Gasteiger partial charge on any atom is 0.472 e. The van der Waals surface area contributed by atoms with Crippen LogP contribution in [0.25, 0.3) is 0 Å². The molecule has 0 aliphatic carbocycles. The SMILES string of the molecule is C=C(CCCCCCCCCCCCCCCCCCCC)OC[C@H](COP(=O)(O)OCCN)OC(=O)CCCCCCCCCCCCCCCCCCCCC. The number of rotatable bonds is 49. The molecule has 3 N–H and O–H groups in total. The van der Waals surface area contributed by atoms with Crippen LogP contribution in [0.1, 0.15) is 264 Å². The fourth-order valence-corrected chi connectivity index (χ4v) is 8.36. The quantitative estimate of drug-likeness (QED) is 0.0269. The predicted molar refractivity (Wildman–Crippen MR) is 247 cm³/mol. The van der Waals surface area contributed by atoms with Crippen molar-refractivity contribution in [2.24, 2.45) is 5.73 Å². The lowest BCUT2D eigenvalue weighted by atomic mass is 10.0. The van der Waals surface area contributed by atoms with Crippen LogP contribution in [-0.4, -0.2) is 43.3 Å². The van der Waals surface area contributed by atoms with E-state index in [4.69, 9.17) is 24.3 Å². The van der Waals surface area contributed by atoms with E-state index in [9.17, 15) is 14.3 Å². The van der Waals surface area contributed by atoms with E-state index >= 15 is 0 Å². The highest BCUT2D eigenvalue weighted by atomic mass is 31.2. The Morgan fingerprint density at radius 1 is 0.500 bits per heavy atom. The van der Waals surface area contributed by atoms with Crippen molar-refractivity contribution in [1.29, 1.82) is 0 Å². The molecule has 58 heavy (non-hydrogen) atoms. The Morgan fingerprint density at radius 2 is 0.810 bits per heavy atom. The lowest BCUT2D eigenvalue weighted by Gasteiger charge is -2.21. The van der Waals surface area contributed by atoms with E-state index in [1.54, 1.807) is 0 Å². The molecule has 0 aromatic rings. The molecule has 0 spiro atoms. The molecule has 8 nitrogen and oxygen atoms in total. The number of phosphoric acid groups is 1. The summed E-state index contributed by atoms with van der Waals surface area (Å²) in [4.78, 5) is 22.7. The summed E-state index contributed by atoms with van der Waals surface area (Å²) in [5.74, 6) is 0.275. The molecule has 0 saturated carbocycles. The topological polar surface area (TPSA) is 117 Å². The number of hydrogen-bond acceptors (Lipinski definition) is 7. The predicted octanol–water partition coefficient (Wildman–Crippen LogP) is 15.8. The average Bonchev–Trinajstić information content (AvgIpc) is 3.21. The van der Waals surface area contributed by atoms with E-state index in [1.165, 1.54) is 205 Å². The molecule has 0 aliphatic heterocycles. The summed E-state index contributed by atoms with van der Waals surface area (Å²) in [6.45, 7) is 8.30. The van der Waals surface area contributed by atoms with Gasteiger partial charge in [-0.3, -0.25) is 13.8 Å². The average molecular weight is 844 g/mol. The van der Waals surface area contributed by atoms with Crippen LogP contribution in [0.5, 0.6) is 0 Å². The zero-order valence-electron chi connectivity index (χ0n) is 38.6. The van der Waals surface area contributed by atoms with Gasteiger partial charge in [0, 0.05) is 19.4 Å². The van der Waals surface area contributed by atoms with E-state index in [0.717, 1.165) is 38.5 Å². The number of hydrogen-bond donors (Lipinski definition) is 2. The number of allylic oxidation sites excluding steroid dienone is 1. The highest BCUT2D eigenvalue weighted by Gasteiger charge is 2.25. The molecule has 0 heterocycles. The molecule has 0 radical (unpaired) electrons. The smallest absolute Gasteiger partial charge is 0.472 e. The zero-order valence-corrected chi connectivity index (χ0v) is 39.5. The van der Waals surface area contributed by atoms with E-state index in [2.05, 4.69) is 20.4 Å². The molecular weight excluding hydrogens is 746 g/mol. The van der Waals surface area contributed by atoms with Crippen LogP contribution in [-0.2, 0) is 27.9 Å². The number of esters is 1. The van der Waals surface area contributed by atoms with Crippen LogP contribution >= 0.6 is 7.82 Å². The van der Waals surface area contributed by atoms with Gasteiger partial charge in [0.2, 0.25) is 0 Å². The van der Waals surface area contributed by atoms with Crippen molar-refractivity contribution in [3.8, 4) is 0 Å². The maximum absolute atomic E-state index is 12.7. The summed E-state index contributed by atoms with van der Waals surface area (Å²) in [6, 6.07) is 0. The van der Waals surface area contributed by atoms with E-state index < -0.39 is 13.9 Å². The van der Waals surface area contributed by atoms with E-state index in [1.807, 2.05) is 0 Å². The molecular formula is C49H98NO7P. The second-order valence-corrected chi connectivity index (χ2v) is 18.7. The summed E-state index contributed by atoms with van der Waals surface area (Å²) in [5.41, 5.74) is 5.39. The monoisotopic (exact) mass is 844 g/mol. The molecule has 2 atom stereocenters. The lowest BCUT2D eigenvalue weighted by Crippen LogP contribution is -2.28. The van der Waals surface area contributed by atoms with Crippen molar-refractivity contribution in [2.45, 2.75) is 270 Å². The molecule has 9 heteroatoms. The number of carbonyl (C=O) groups excluding carboxylic acids is 1. The number of nitrogens with two attached hydrogens (primary N) is 1. The van der Waals surface area contributed by atoms with Crippen molar-refractivity contribution in [3.63, 3.8) is 0 Å². The van der Waals surface area contributed by atoms with Crippen molar-refractivity contribution in [3.05, 3.63) is 12.3 Å². The fraction of sp³-hybridized carbons (Fsp3) is 0.939. The molecule has 0 fully saturated rings. The molecule has 0 amide bonds. The first-order valence-corrected chi connectivity index (χ1v) is 26.7. The van der Waals surface area contributed by atoms with Crippen molar-refractivity contribution in [1.82, 2.24) is 0 Å².